The number of ether oxygens (including phenoxy) is 1. The van der Waals surface area contributed by atoms with E-state index >= 15 is 0 Å². The van der Waals surface area contributed by atoms with Gasteiger partial charge in [-0.3, -0.25) is 14.4 Å². The minimum atomic E-state index is -0.177. The van der Waals surface area contributed by atoms with E-state index in [0.29, 0.717) is 40.2 Å². The molecule has 3 aromatic rings. The van der Waals surface area contributed by atoms with Crippen molar-refractivity contribution >= 4 is 44.2 Å². The lowest BCUT2D eigenvalue weighted by Crippen LogP contribution is -2.37. The van der Waals surface area contributed by atoms with Crippen LogP contribution in [0.4, 0.5) is 5.13 Å². The highest BCUT2D eigenvalue weighted by Gasteiger charge is 2.26. The molecule has 0 saturated heterocycles. The van der Waals surface area contributed by atoms with Crippen molar-refractivity contribution in [2.24, 2.45) is 7.05 Å². The van der Waals surface area contributed by atoms with Crippen molar-refractivity contribution in [2.75, 3.05) is 39.2 Å². The van der Waals surface area contributed by atoms with Gasteiger partial charge in [0.25, 0.3) is 5.91 Å². The van der Waals surface area contributed by atoms with Crippen molar-refractivity contribution in [3.63, 3.8) is 0 Å². The Hall–Kier alpha value is -2.16. The summed E-state index contributed by atoms with van der Waals surface area (Å²) in [5.74, 6) is 0.454. The standard InChI is InChI=1S/C18H22ClN5O2S/c1-11-10-23(4)21-14(11)17(25)24(9-8-22(2)3)18-20-15-13(26-5)7-6-12(19)16(15)27-18/h6-7,10H,8-9H2,1-5H3. The van der Waals surface area contributed by atoms with Gasteiger partial charge in [-0.15, -0.1) is 0 Å². The average Bonchev–Trinajstić information content (AvgIpc) is 3.19. The van der Waals surface area contributed by atoms with Crippen LogP contribution < -0.4 is 9.64 Å². The first-order valence-electron chi connectivity index (χ1n) is 8.41. The number of hydrogen-bond donors (Lipinski definition) is 0. The fraction of sp³-hybridized carbons (Fsp3) is 0.389. The Balaban J connectivity index is 2.08. The number of likely N-dealkylation sites (N-methyl/N-ethyl adjacent to an activating group) is 1. The first-order chi connectivity index (χ1) is 12.8. The molecule has 0 bridgehead atoms. The summed E-state index contributed by atoms with van der Waals surface area (Å²) < 4.78 is 7.84. The zero-order chi connectivity index (χ0) is 19.7. The predicted octanol–water partition coefficient (Wildman–Crippen LogP) is 3.21. The van der Waals surface area contributed by atoms with Crippen molar-refractivity contribution in [2.45, 2.75) is 6.92 Å². The Morgan fingerprint density at radius 3 is 2.67 bits per heavy atom. The molecule has 0 N–H and O–H groups in total. The second-order valence-corrected chi connectivity index (χ2v) is 7.90. The van der Waals surface area contributed by atoms with E-state index in [2.05, 4.69) is 10.1 Å². The molecule has 0 aliphatic carbocycles. The van der Waals surface area contributed by atoms with Gasteiger partial charge in [0.05, 0.1) is 16.8 Å². The lowest BCUT2D eigenvalue weighted by molar-refractivity contribution is 0.0979. The summed E-state index contributed by atoms with van der Waals surface area (Å²) >= 11 is 7.72. The van der Waals surface area contributed by atoms with Crippen LogP contribution in [0.3, 0.4) is 0 Å². The van der Waals surface area contributed by atoms with Crippen LogP contribution in [0.15, 0.2) is 18.3 Å². The molecule has 0 radical (unpaired) electrons. The van der Waals surface area contributed by atoms with E-state index in [4.69, 9.17) is 16.3 Å². The number of thiazole rings is 1. The van der Waals surface area contributed by atoms with E-state index < -0.39 is 0 Å². The van der Waals surface area contributed by atoms with Crippen LogP contribution in [0.5, 0.6) is 5.75 Å². The van der Waals surface area contributed by atoms with Crippen LogP contribution in [0.25, 0.3) is 10.2 Å². The van der Waals surface area contributed by atoms with E-state index in [-0.39, 0.29) is 5.91 Å². The number of amides is 1. The van der Waals surface area contributed by atoms with Gasteiger partial charge in [-0.1, -0.05) is 22.9 Å². The number of benzene rings is 1. The highest BCUT2D eigenvalue weighted by molar-refractivity contribution is 7.23. The molecule has 7 nitrogen and oxygen atoms in total. The fourth-order valence-electron chi connectivity index (χ4n) is 2.75. The number of aromatic nitrogens is 3. The van der Waals surface area contributed by atoms with Crippen molar-refractivity contribution in [1.82, 2.24) is 19.7 Å². The lowest BCUT2D eigenvalue weighted by Gasteiger charge is -2.21. The van der Waals surface area contributed by atoms with Gasteiger partial charge < -0.3 is 9.64 Å². The molecule has 0 atom stereocenters. The van der Waals surface area contributed by atoms with Crippen LogP contribution in [-0.2, 0) is 7.05 Å². The van der Waals surface area contributed by atoms with Gasteiger partial charge in [0.1, 0.15) is 11.3 Å². The van der Waals surface area contributed by atoms with Crippen LogP contribution in [0.2, 0.25) is 5.02 Å². The Kier molecular flexibility index (Phi) is 5.69. The number of methoxy groups -OCH3 is 1. The lowest BCUT2D eigenvalue weighted by atomic mass is 10.2. The van der Waals surface area contributed by atoms with Crippen LogP contribution in [0.1, 0.15) is 16.1 Å². The second-order valence-electron chi connectivity index (χ2n) is 6.52. The summed E-state index contributed by atoms with van der Waals surface area (Å²) in [6, 6.07) is 3.56. The summed E-state index contributed by atoms with van der Waals surface area (Å²) in [4.78, 5) is 21.6. The molecule has 2 aromatic heterocycles. The van der Waals surface area contributed by atoms with Gasteiger partial charge >= 0.3 is 0 Å². The molecule has 144 valence electrons. The SMILES string of the molecule is COc1ccc(Cl)c2sc(N(CCN(C)C)C(=O)c3nn(C)cc3C)nc12. The molecule has 3 rings (SSSR count). The maximum absolute atomic E-state index is 13.2. The van der Waals surface area contributed by atoms with E-state index in [0.717, 1.165) is 10.3 Å². The molecular weight excluding hydrogens is 386 g/mol. The van der Waals surface area contributed by atoms with Crippen LogP contribution in [-0.4, -0.2) is 59.9 Å². The summed E-state index contributed by atoms with van der Waals surface area (Å²) in [6.07, 6.45) is 1.83. The minimum Gasteiger partial charge on any atom is -0.494 e. The van der Waals surface area contributed by atoms with E-state index in [1.807, 2.05) is 32.1 Å². The molecule has 0 spiro atoms. The summed E-state index contributed by atoms with van der Waals surface area (Å²) in [5.41, 5.74) is 1.91. The van der Waals surface area contributed by atoms with E-state index in [1.54, 1.807) is 35.9 Å². The van der Waals surface area contributed by atoms with E-state index in [9.17, 15) is 4.79 Å². The molecular formula is C18H22ClN5O2S. The van der Waals surface area contributed by atoms with Gasteiger partial charge in [0, 0.05) is 31.9 Å². The fourth-order valence-corrected chi connectivity index (χ4v) is 4.03. The van der Waals surface area contributed by atoms with Crippen LogP contribution in [0, 0.1) is 6.92 Å². The number of fused-ring (bicyclic) bond motifs is 1. The molecule has 27 heavy (non-hydrogen) atoms. The highest BCUT2D eigenvalue weighted by atomic mass is 35.5. The van der Waals surface area contributed by atoms with Gasteiger partial charge in [0.2, 0.25) is 0 Å². The smallest absolute Gasteiger partial charge is 0.280 e. The monoisotopic (exact) mass is 407 g/mol. The zero-order valence-corrected chi connectivity index (χ0v) is 17.6. The molecule has 2 heterocycles. The normalized spacial score (nSPS) is 11.4. The van der Waals surface area contributed by atoms with Gasteiger partial charge in [0.15, 0.2) is 10.8 Å². The predicted molar refractivity (Wildman–Crippen MR) is 109 cm³/mol. The van der Waals surface area contributed by atoms with Crippen molar-refractivity contribution in [3.05, 3.63) is 34.6 Å². The summed E-state index contributed by atoms with van der Waals surface area (Å²) in [6.45, 7) is 3.06. The van der Waals surface area contributed by atoms with Gasteiger partial charge in [-0.2, -0.15) is 5.10 Å². The Labute approximate surface area is 167 Å². The molecule has 0 aliphatic heterocycles. The van der Waals surface area contributed by atoms with Crippen molar-refractivity contribution in [3.8, 4) is 5.75 Å². The second kappa shape index (κ2) is 7.84. The topological polar surface area (TPSA) is 63.5 Å². The first kappa shape index (κ1) is 19.6. The highest BCUT2D eigenvalue weighted by Crippen LogP contribution is 2.39. The third-order valence-corrected chi connectivity index (χ3v) is 5.67. The zero-order valence-electron chi connectivity index (χ0n) is 16.0. The number of rotatable bonds is 6. The Bertz CT molecular complexity index is 982. The maximum Gasteiger partial charge on any atom is 0.280 e. The van der Waals surface area contributed by atoms with Crippen LogP contribution >= 0.6 is 22.9 Å². The number of carbonyl (C=O) groups excluding carboxylic acids is 1. The summed E-state index contributed by atoms with van der Waals surface area (Å²) in [7, 11) is 7.32. The first-order valence-corrected chi connectivity index (χ1v) is 9.61. The van der Waals surface area contributed by atoms with Gasteiger partial charge in [-0.05, 0) is 33.2 Å². The number of carbonyl (C=O) groups is 1. The number of nitrogens with zero attached hydrogens (tertiary/aromatic N) is 5. The third-order valence-electron chi connectivity index (χ3n) is 4.13. The number of aryl methyl sites for hydroxylation is 2. The number of halogens is 1. The third kappa shape index (κ3) is 3.92. The quantitative estimate of drug-likeness (QED) is 0.627. The molecule has 0 unspecified atom stereocenters. The number of anilines is 1. The van der Waals surface area contributed by atoms with E-state index in [1.165, 1.54) is 11.3 Å². The largest absolute Gasteiger partial charge is 0.494 e. The maximum atomic E-state index is 13.2. The molecule has 0 aliphatic rings. The number of hydrogen-bond acceptors (Lipinski definition) is 6. The van der Waals surface area contributed by atoms with Gasteiger partial charge in [-0.25, -0.2) is 4.98 Å². The molecule has 0 saturated carbocycles. The van der Waals surface area contributed by atoms with Crippen molar-refractivity contribution < 1.29 is 9.53 Å². The Morgan fingerprint density at radius 2 is 2.07 bits per heavy atom. The molecule has 9 heteroatoms. The Morgan fingerprint density at radius 1 is 1.33 bits per heavy atom. The molecule has 1 aromatic carbocycles. The van der Waals surface area contributed by atoms with Crippen molar-refractivity contribution in [1.29, 1.82) is 0 Å². The molecule has 0 fully saturated rings. The average molecular weight is 408 g/mol. The minimum absolute atomic E-state index is 0.177. The summed E-state index contributed by atoms with van der Waals surface area (Å²) in [5, 5.41) is 5.49. The molecule has 1 amide bonds.